The molecular weight excluding hydrogens is 196 g/mol. The summed E-state index contributed by atoms with van der Waals surface area (Å²) < 4.78 is 0. The van der Waals surface area contributed by atoms with Crippen LogP contribution in [0.2, 0.25) is 5.04 Å². The first kappa shape index (κ1) is 12.2. The minimum Gasteiger partial charge on any atom is -0.0985 e. The summed E-state index contributed by atoms with van der Waals surface area (Å²) in [7, 11) is 0.846. The average molecular weight is 216 g/mol. The fourth-order valence-corrected chi connectivity index (χ4v) is 2.77. The van der Waals surface area contributed by atoms with Crippen molar-refractivity contribution in [3.05, 3.63) is 36.4 Å². The predicted octanol–water partition coefficient (Wildman–Crippen LogP) is 3.51. The van der Waals surface area contributed by atoms with Gasteiger partial charge in [-0.2, -0.15) is 0 Å². The van der Waals surface area contributed by atoms with Crippen LogP contribution < -0.4 is 5.19 Å². The highest BCUT2D eigenvalue weighted by atomic mass is 28.2. The van der Waals surface area contributed by atoms with Gasteiger partial charge in [0.2, 0.25) is 0 Å². The average Bonchev–Trinajstić information content (AvgIpc) is 2.18. The molecule has 1 heteroatoms. The lowest BCUT2D eigenvalue weighted by Crippen LogP contribution is -2.30. The third-order valence-corrected chi connectivity index (χ3v) is 5.03. The van der Waals surface area contributed by atoms with Crippen LogP contribution in [0.3, 0.4) is 0 Å². The molecule has 1 aromatic carbocycles. The van der Waals surface area contributed by atoms with Crippen LogP contribution in [0.4, 0.5) is 0 Å². The normalized spacial score (nSPS) is 11.8. The van der Waals surface area contributed by atoms with Gasteiger partial charge in [-0.1, -0.05) is 69.8 Å². The van der Waals surface area contributed by atoms with E-state index in [2.05, 4.69) is 58.5 Å². The van der Waals surface area contributed by atoms with Crippen LogP contribution in [0, 0.1) is 5.92 Å². The fourth-order valence-electron chi connectivity index (χ4n) is 1.28. The lowest BCUT2D eigenvalue weighted by atomic mass is 9.99. The zero-order valence-electron chi connectivity index (χ0n) is 10.2. The summed E-state index contributed by atoms with van der Waals surface area (Å²) in [5, 5.41) is 1.81. The van der Waals surface area contributed by atoms with Gasteiger partial charge in [-0.3, -0.25) is 0 Å². The van der Waals surface area contributed by atoms with Crippen molar-refractivity contribution in [1.29, 1.82) is 0 Å². The van der Waals surface area contributed by atoms with E-state index in [0.717, 1.165) is 9.52 Å². The van der Waals surface area contributed by atoms with Gasteiger partial charge in [0.05, 0.1) is 9.52 Å². The summed E-state index contributed by atoms with van der Waals surface area (Å²) in [6.45, 7) is 13.1. The molecule has 0 unspecified atom stereocenters. The van der Waals surface area contributed by atoms with E-state index in [0.29, 0.717) is 11.0 Å². The second-order valence-corrected chi connectivity index (χ2v) is 6.87. The first-order valence-electron chi connectivity index (χ1n) is 5.47. The maximum Gasteiger partial charge on any atom is 0.0882 e. The Morgan fingerprint density at radius 1 is 1.27 bits per heavy atom. The van der Waals surface area contributed by atoms with E-state index in [9.17, 15) is 0 Å². The molecule has 0 N–H and O–H groups in total. The van der Waals surface area contributed by atoms with Gasteiger partial charge >= 0.3 is 0 Å². The largest absolute Gasteiger partial charge is 0.0985 e. The number of benzene rings is 1. The summed E-state index contributed by atoms with van der Waals surface area (Å²) in [4.78, 5) is 0. The van der Waals surface area contributed by atoms with Gasteiger partial charge in [0.15, 0.2) is 0 Å². The highest BCUT2D eigenvalue weighted by Gasteiger charge is 2.24. The standard InChI is InChI=1S/C14H20Si/c1-6-12-9-7-8-10-13(12)15-14(4,5)11(2)3/h6-11H,1H2,2-5H3. The van der Waals surface area contributed by atoms with E-state index in [4.69, 9.17) is 0 Å². The monoisotopic (exact) mass is 216 g/mol. The van der Waals surface area contributed by atoms with Crippen molar-refractivity contribution in [2.75, 3.05) is 0 Å². The Labute approximate surface area is 96.2 Å². The van der Waals surface area contributed by atoms with Crippen LogP contribution in [0.5, 0.6) is 0 Å². The zero-order chi connectivity index (χ0) is 11.5. The van der Waals surface area contributed by atoms with Gasteiger partial charge in [-0.05, 0) is 16.5 Å². The Hall–Kier alpha value is -0.823. The van der Waals surface area contributed by atoms with Crippen LogP contribution in [-0.2, 0) is 0 Å². The maximum absolute atomic E-state index is 3.87. The molecule has 0 heterocycles. The molecule has 1 aromatic rings. The van der Waals surface area contributed by atoms with Gasteiger partial charge in [-0.25, -0.2) is 0 Å². The Kier molecular flexibility index (Phi) is 3.92. The molecule has 0 aliphatic rings. The summed E-state index contributed by atoms with van der Waals surface area (Å²) in [6, 6.07) is 8.56. The highest BCUT2D eigenvalue weighted by molar-refractivity contribution is 6.57. The van der Waals surface area contributed by atoms with Crippen LogP contribution in [0.25, 0.3) is 6.08 Å². The molecule has 0 bridgehead atoms. The Morgan fingerprint density at radius 2 is 1.87 bits per heavy atom. The number of hydrogen-bond acceptors (Lipinski definition) is 0. The Bertz CT molecular complexity index is 337. The van der Waals surface area contributed by atoms with Crippen molar-refractivity contribution >= 4 is 20.8 Å². The van der Waals surface area contributed by atoms with Crippen LogP contribution in [0.15, 0.2) is 30.8 Å². The SMILES string of the molecule is C=Cc1ccccc1[Si]C(C)(C)C(C)C. The zero-order valence-corrected chi connectivity index (χ0v) is 11.2. The molecule has 1 rings (SSSR count). The third-order valence-electron chi connectivity index (χ3n) is 3.08. The van der Waals surface area contributed by atoms with Crippen molar-refractivity contribution in [1.82, 2.24) is 0 Å². The van der Waals surface area contributed by atoms with Crippen molar-refractivity contribution < 1.29 is 0 Å². The van der Waals surface area contributed by atoms with E-state index in [-0.39, 0.29) is 0 Å². The molecule has 0 aliphatic carbocycles. The second kappa shape index (κ2) is 4.80. The summed E-state index contributed by atoms with van der Waals surface area (Å²) >= 11 is 0. The summed E-state index contributed by atoms with van der Waals surface area (Å²) in [6.07, 6.45) is 1.96. The third kappa shape index (κ3) is 3.06. The molecule has 0 saturated heterocycles. The van der Waals surface area contributed by atoms with Gasteiger partial charge in [0.1, 0.15) is 0 Å². The lowest BCUT2D eigenvalue weighted by molar-refractivity contribution is 0.476. The topological polar surface area (TPSA) is 0 Å². The van der Waals surface area contributed by atoms with Crippen LogP contribution in [-0.4, -0.2) is 9.52 Å². The molecular formula is C14H20Si. The predicted molar refractivity (Wildman–Crippen MR) is 70.8 cm³/mol. The molecule has 15 heavy (non-hydrogen) atoms. The summed E-state index contributed by atoms with van der Waals surface area (Å²) in [5.41, 5.74) is 1.28. The van der Waals surface area contributed by atoms with Gasteiger partial charge in [0.25, 0.3) is 0 Å². The molecule has 0 nitrogen and oxygen atoms in total. The molecule has 80 valence electrons. The molecule has 0 atom stereocenters. The second-order valence-electron chi connectivity index (χ2n) is 4.79. The van der Waals surface area contributed by atoms with Gasteiger partial charge in [-0.15, -0.1) is 0 Å². The molecule has 0 saturated carbocycles. The van der Waals surface area contributed by atoms with E-state index in [1.54, 1.807) is 0 Å². The maximum atomic E-state index is 3.87. The van der Waals surface area contributed by atoms with Crippen molar-refractivity contribution in [2.24, 2.45) is 5.92 Å². The molecule has 0 aliphatic heterocycles. The lowest BCUT2D eigenvalue weighted by Gasteiger charge is -2.29. The summed E-state index contributed by atoms with van der Waals surface area (Å²) in [5.74, 6) is 0.703. The quantitative estimate of drug-likeness (QED) is 0.676. The molecule has 2 radical (unpaired) electrons. The van der Waals surface area contributed by atoms with Gasteiger partial charge < -0.3 is 0 Å². The fraction of sp³-hybridized carbons (Fsp3) is 0.429. The van der Waals surface area contributed by atoms with E-state index < -0.39 is 0 Å². The van der Waals surface area contributed by atoms with E-state index >= 15 is 0 Å². The van der Waals surface area contributed by atoms with Gasteiger partial charge in [0, 0.05) is 0 Å². The Morgan fingerprint density at radius 3 is 2.40 bits per heavy atom. The first-order chi connectivity index (χ1) is 6.97. The minimum absolute atomic E-state index is 0.374. The molecule has 0 fully saturated rings. The smallest absolute Gasteiger partial charge is 0.0882 e. The minimum atomic E-state index is 0.374. The molecule has 0 spiro atoms. The number of rotatable bonds is 4. The van der Waals surface area contributed by atoms with Crippen LogP contribution >= 0.6 is 0 Å². The number of hydrogen-bond donors (Lipinski definition) is 0. The van der Waals surface area contributed by atoms with E-state index in [1.807, 2.05) is 6.08 Å². The highest BCUT2D eigenvalue weighted by Crippen LogP contribution is 2.32. The molecule has 0 aromatic heterocycles. The van der Waals surface area contributed by atoms with Crippen molar-refractivity contribution in [2.45, 2.75) is 32.7 Å². The van der Waals surface area contributed by atoms with Crippen molar-refractivity contribution in [3.63, 3.8) is 0 Å². The van der Waals surface area contributed by atoms with Crippen LogP contribution in [0.1, 0.15) is 33.3 Å². The Balaban J connectivity index is 2.94. The van der Waals surface area contributed by atoms with E-state index in [1.165, 1.54) is 10.8 Å². The molecule has 0 amide bonds. The van der Waals surface area contributed by atoms with Crippen molar-refractivity contribution in [3.8, 4) is 0 Å². The first-order valence-corrected chi connectivity index (χ1v) is 6.47.